The number of hydrogen-bond donors (Lipinski definition) is 1. The molecule has 1 aromatic carbocycles. The van der Waals surface area contributed by atoms with E-state index < -0.39 is 18.4 Å². The molecule has 1 fully saturated rings. The largest absolute Gasteiger partial charge is 0.493 e. The molecule has 0 radical (unpaired) electrons. The van der Waals surface area contributed by atoms with Crippen molar-refractivity contribution >= 4 is 34.9 Å². The normalized spacial score (nSPS) is 15.0. The lowest BCUT2D eigenvalue weighted by Gasteiger charge is -2.08. The minimum Gasteiger partial charge on any atom is -0.493 e. The molecule has 150 valence electrons. The van der Waals surface area contributed by atoms with E-state index in [1.165, 1.54) is 24.2 Å². The molecule has 1 saturated carbocycles. The fraction of sp³-hybridized carbons (Fsp3) is 0.368. The van der Waals surface area contributed by atoms with Gasteiger partial charge in [0.05, 0.1) is 16.5 Å². The van der Waals surface area contributed by atoms with E-state index in [0.717, 1.165) is 4.88 Å². The van der Waals surface area contributed by atoms with Crippen LogP contribution in [-0.4, -0.2) is 30.0 Å². The number of nitrogens with zero attached hydrogens (tertiary/aromatic N) is 1. The van der Waals surface area contributed by atoms with E-state index in [4.69, 9.17) is 21.1 Å². The number of aromatic nitrogens is 1. The lowest BCUT2D eigenvalue weighted by Crippen LogP contribution is -2.35. The van der Waals surface area contributed by atoms with Crippen LogP contribution in [0.1, 0.15) is 24.6 Å². The van der Waals surface area contributed by atoms with Crippen molar-refractivity contribution in [2.24, 2.45) is 5.92 Å². The third-order valence-electron chi connectivity index (χ3n) is 3.90. The van der Waals surface area contributed by atoms with E-state index in [1.807, 2.05) is 0 Å². The Bertz CT molecular complexity index is 855. The average molecular weight is 429 g/mol. The fourth-order valence-electron chi connectivity index (χ4n) is 2.22. The molecule has 28 heavy (non-hydrogen) atoms. The summed E-state index contributed by atoms with van der Waals surface area (Å²) in [6.07, 6.45) is 4.25. The fourth-order valence-corrected chi connectivity index (χ4v) is 3.12. The first-order chi connectivity index (χ1) is 13.4. The minimum absolute atomic E-state index is 0.387. The molecular weight excluding hydrogens is 410 g/mol. The number of ether oxygens (including phenoxy) is 2. The van der Waals surface area contributed by atoms with Crippen LogP contribution in [0.4, 0.5) is 8.78 Å². The van der Waals surface area contributed by atoms with E-state index in [1.54, 1.807) is 43.5 Å². The maximum Gasteiger partial charge on any atom is 0.315 e. The Kier molecular flexibility index (Phi) is 6.85. The quantitative estimate of drug-likeness (QED) is 0.599. The van der Waals surface area contributed by atoms with E-state index in [9.17, 15) is 13.6 Å². The molecule has 0 bridgehead atoms. The maximum atomic E-state index is 12.2. The first-order valence-corrected chi connectivity index (χ1v) is 9.93. The highest BCUT2D eigenvalue weighted by Gasteiger charge is 2.22. The van der Waals surface area contributed by atoms with Crippen molar-refractivity contribution in [2.45, 2.75) is 32.2 Å². The topological polar surface area (TPSA) is 60.5 Å². The van der Waals surface area contributed by atoms with Gasteiger partial charge in [-0.05, 0) is 43.9 Å². The molecule has 1 aliphatic rings. The molecule has 2 aromatic rings. The minimum atomic E-state index is -3.03. The predicted octanol–water partition coefficient (Wildman–Crippen LogP) is 5.16. The highest BCUT2D eigenvalue weighted by atomic mass is 35.5. The molecule has 0 unspecified atom stereocenters. The number of alkyl halides is 2. The van der Waals surface area contributed by atoms with Crippen LogP contribution in [0.25, 0.3) is 6.08 Å². The van der Waals surface area contributed by atoms with Crippen LogP contribution >= 0.6 is 22.9 Å². The first-order valence-electron chi connectivity index (χ1n) is 8.73. The summed E-state index contributed by atoms with van der Waals surface area (Å²) >= 11 is 7.51. The maximum absolute atomic E-state index is 12.2. The van der Waals surface area contributed by atoms with Crippen molar-refractivity contribution in [2.75, 3.05) is 6.61 Å². The van der Waals surface area contributed by atoms with Gasteiger partial charge in [-0.15, -0.1) is 0 Å². The molecule has 1 aromatic heterocycles. The van der Waals surface area contributed by atoms with E-state index >= 15 is 0 Å². The second kappa shape index (κ2) is 9.34. The van der Waals surface area contributed by atoms with E-state index in [-0.39, 0.29) is 0 Å². The molecule has 0 spiro atoms. The van der Waals surface area contributed by atoms with Gasteiger partial charge in [0, 0.05) is 18.3 Å². The number of thiazole rings is 1. The van der Waals surface area contributed by atoms with Crippen molar-refractivity contribution in [1.29, 1.82) is 0 Å². The summed E-state index contributed by atoms with van der Waals surface area (Å²) in [5.74, 6) is 0.516. The van der Waals surface area contributed by atoms with Gasteiger partial charge in [0.25, 0.3) is 11.1 Å². The summed E-state index contributed by atoms with van der Waals surface area (Å²) in [5.41, 5.74) is 0. The van der Waals surface area contributed by atoms with Gasteiger partial charge in [-0.2, -0.15) is 8.78 Å². The summed E-state index contributed by atoms with van der Waals surface area (Å²) in [5, 5.41) is 2.98. The number of carbonyl (C=O) groups excluding carboxylic acids is 1. The standard InChI is InChI=1S/C19H19ClF2N2O3S/c1-11(24-18(25)17(21)22)2-6-14-9-23-19(28-14)27-16-7-5-13(8-15(16)20)26-10-12-3-4-12/h2,5-9,11-12,17H,3-4,10H2,1H3,(H,24,25)/t11-/m0/s1. The number of rotatable bonds is 9. The number of benzene rings is 1. The number of nitrogens with one attached hydrogen (secondary N) is 1. The Morgan fingerprint density at radius 2 is 2.25 bits per heavy atom. The smallest absolute Gasteiger partial charge is 0.315 e. The molecule has 0 aliphatic heterocycles. The predicted molar refractivity (Wildman–Crippen MR) is 105 cm³/mol. The van der Waals surface area contributed by atoms with Crippen molar-refractivity contribution in [1.82, 2.24) is 10.3 Å². The molecule has 1 amide bonds. The van der Waals surface area contributed by atoms with Crippen molar-refractivity contribution < 1.29 is 23.0 Å². The highest BCUT2D eigenvalue weighted by molar-refractivity contribution is 7.14. The summed E-state index contributed by atoms with van der Waals surface area (Å²) in [4.78, 5) is 15.9. The first kappa shape index (κ1) is 20.5. The Hall–Kier alpha value is -2.19. The highest BCUT2D eigenvalue weighted by Crippen LogP contribution is 2.35. The van der Waals surface area contributed by atoms with Crippen LogP contribution in [0.5, 0.6) is 16.7 Å². The van der Waals surface area contributed by atoms with Gasteiger partial charge in [-0.25, -0.2) is 4.98 Å². The van der Waals surface area contributed by atoms with Gasteiger partial charge in [0.1, 0.15) is 11.5 Å². The molecule has 3 rings (SSSR count). The number of halogens is 3. The van der Waals surface area contributed by atoms with Crippen molar-refractivity contribution in [3.05, 3.63) is 40.4 Å². The molecule has 0 saturated heterocycles. The molecule has 1 N–H and O–H groups in total. The van der Waals surface area contributed by atoms with E-state index in [0.29, 0.717) is 34.2 Å². The lowest BCUT2D eigenvalue weighted by atomic mass is 10.3. The monoisotopic (exact) mass is 428 g/mol. The van der Waals surface area contributed by atoms with Gasteiger partial charge < -0.3 is 14.8 Å². The molecule has 5 nitrogen and oxygen atoms in total. The van der Waals surface area contributed by atoms with Crippen LogP contribution in [-0.2, 0) is 4.79 Å². The number of amides is 1. The summed E-state index contributed by atoms with van der Waals surface area (Å²) in [6.45, 7) is 2.30. The van der Waals surface area contributed by atoms with Gasteiger partial charge in [0.2, 0.25) is 0 Å². The Morgan fingerprint density at radius 1 is 1.46 bits per heavy atom. The number of hydrogen-bond acceptors (Lipinski definition) is 5. The van der Waals surface area contributed by atoms with Crippen LogP contribution in [0.2, 0.25) is 5.02 Å². The second-order valence-corrected chi connectivity index (χ2v) is 7.87. The summed E-state index contributed by atoms with van der Waals surface area (Å²) in [7, 11) is 0. The van der Waals surface area contributed by atoms with Gasteiger partial charge in [-0.3, -0.25) is 4.79 Å². The third kappa shape index (κ3) is 6.17. The number of carbonyl (C=O) groups is 1. The van der Waals surface area contributed by atoms with Crippen LogP contribution < -0.4 is 14.8 Å². The Labute approximate surface area is 170 Å². The second-order valence-electron chi connectivity index (χ2n) is 6.43. The van der Waals surface area contributed by atoms with Crippen LogP contribution in [0.3, 0.4) is 0 Å². The van der Waals surface area contributed by atoms with Gasteiger partial charge in [-0.1, -0.05) is 29.0 Å². The van der Waals surface area contributed by atoms with Gasteiger partial charge >= 0.3 is 6.43 Å². The average Bonchev–Trinajstić information content (AvgIpc) is 3.38. The van der Waals surface area contributed by atoms with E-state index in [2.05, 4.69) is 10.3 Å². The SMILES string of the molecule is C[C@@H](C=Cc1cnc(Oc2ccc(OCC3CC3)cc2Cl)s1)NC(=O)C(F)F. The Balaban J connectivity index is 1.55. The zero-order valence-corrected chi connectivity index (χ0v) is 16.6. The third-order valence-corrected chi connectivity index (χ3v) is 5.04. The summed E-state index contributed by atoms with van der Waals surface area (Å²) < 4.78 is 35.8. The van der Waals surface area contributed by atoms with Crippen molar-refractivity contribution in [3.63, 3.8) is 0 Å². The lowest BCUT2D eigenvalue weighted by molar-refractivity contribution is -0.132. The molecular formula is C19H19ClF2N2O3S. The van der Waals surface area contributed by atoms with Gasteiger partial charge in [0.15, 0.2) is 0 Å². The zero-order chi connectivity index (χ0) is 20.1. The molecule has 1 heterocycles. The zero-order valence-electron chi connectivity index (χ0n) is 15.0. The molecule has 1 atom stereocenters. The Morgan fingerprint density at radius 3 is 2.93 bits per heavy atom. The van der Waals surface area contributed by atoms with Crippen molar-refractivity contribution in [3.8, 4) is 16.7 Å². The van der Waals surface area contributed by atoms with Crippen LogP contribution in [0, 0.1) is 5.92 Å². The molecule has 1 aliphatic carbocycles. The molecule has 9 heteroatoms. The summed E-state index contributed by atoms with van der Waals surface area (Å²) in [6, 6.07) is 4.70. The van der Waals surface area contributed by atoms with Crippen LogP contribution in [0.15, 0.2) is 30.5 Å².